The minimum absolute atomic E-state index is 0.0546. The highest BCUT2D eigenvalue weighted by Crippen LogP contribution is 2.28. The van der Waals surface area contributed by atoms with Crippen LogP contribution in [0.3, 0.4) is 0 Å². The van der Waals surface area contributed by atoms with Gasteiger partial charge in [0.15, 0.2) is 0 Å². The predicted molar refractivity (Wildman–Crippen MR) is 111 cm³/mol. The molecule has 6 heteroatoms. The van der Waals surface area contributed by atoms with Gasteiger partial charge in [0.25, 0.3) is 0 Å². The Morgan fingerprint density at radius 3 is 2.52 bits per heavy atom. The molecule has 146 valence electrons. The lowest BCUT2D eigenvalue weighted by Gasteiger charge is -2.29. The van der Waals surface area contributed by atoms with Crippen molar-refractivity contribution in [1.82, 2.24) is 15.3 Å². The van der Waals surface area contributed by atoms with Crippen LogP contribution in [0.2, 0.25) is 0 Å². The summed E-state index contributed by atoms with van der Waals surface area (Å²) in [5.41, 5.74) is 0.962. The lowest BCUT2D eigenvalue weighted by atomic mass is 9.86. The lowest BCUT2D eigenvalue weighted by Crippen LogP contribution is -2.35. The number of hydrogen-bond donors (Lipinski definition) is 2. The zero-order valence-corrected chi connectivity index (χ0v) is 16.8. The average molecular weight is 370 g/mol. The van der Waals surface area contributed by atoms with Crippen molar-refractivity contribution >= 4 is 28.6 Å². The molecule has 0 aliphatic heterocycles. The van der Waals surface area contributed by atoms with Crippen molar-refractivity contribution in [2.45, 2.75) is 45.6 Å². The fourth-order valence-electron chi connectivity index (χ4n) is 3.61. The number of amides is 1. The molecule has 1 heterocycles. The van der Waals surface area contributed by atoms with Gasteiger partial charge in [0, 0.05) is 38.0 Å². The van der Waals surface area contributed by atoms with Crippen LogP contribution in [0.1, 0.15) is 39.5 Å². The molecule has 3 rings (SSSR count). The lowest BCUT2D eigenvalue weighted by molar-refractivity contribution is -0.124. The number of nitrogens with zero attached hydrogens (tertiary/aromatic N) is 3. The number of nitrogens with one attached hydrogen (secondary N) is 2. The SMILES string of the molecule is CC(C)C(=O)NCC1CCC(Nc2nc(N(C)C)c3ccccc3n2)CC1. The minimum Gasteiger partial charge on any atom is -0.362 e. The van der Waals surface area contributed by atoms with Gasteiger partial charge >= 0.3 is 0 Å². The predicted octanol–water partition coefficient (Wildman–Crippen LogP) is 3.44. The van der Waals surface area contributed by atoms with E-state index in [9.17, 15) is 4.79 Å². The van der Waals surface area contributed by atoms with E-state index in [4.69, 9.17) is 9.97 Å². The summed E-state index contributed by atoms with van der Waals surface area (Å²) in [5.74, 6) is 2.41. The highest BCUT2D eigenvalue weighted by atomic mass is 16.1. The van der Waals surface area contributed by atoms with Gasteiger partial charge in [-0.15, -0.1) is 0 Å². The molecule has 0 atom stereocenters. The van der Waals surface area contributed by atoms with Crippen molar-refractivity contribution in [2.24, 2.45) is 11.8 Å². The van der Waals surface area contributed by atoms with Crippen LogP contribution in [0, 0.1) is 11.8 Å². The standard InChI is InChI=1S/C21H31N5O/c1-14(2)20(27)22-13-15-9-11-16(12-10-15)23-21-24-18-8-6-5-7-17(18)19(25-21)26(3)4/h5-8,14-16H,9-13H2,1-4H3,(H,22,27)(H,23,24,25). The zero-order chi connectivity index (χ0) is 19.4. The van der Waals surface area contributed by atoms with Crippen LogP contribution in [-0.2, 0) is 4.79 Å². The summed E-state index contributed by atoms with van der Waals surface area (Å²) >= 11 is 0. The molecule has 0 unspecified atom stereocenters. The third-order valence-corrected chi connectivity index (χ3v) is 5.28. The average Bonchev–Trinajstić information content (AvgIpc) is 2.66. The molecule has 27 heavy (non-hydrogen) atoms. The van der Waals surface area contributed by atoms with Crippen molar-refractivity contribution in [3.05, 3.63) is 24.3 Å². The normalized spacial score (nSPS) is 19.9. The van der Waals surface area contributed by atoms with Crippen LogP contribution in [0.25, 0.3) is 10.9 Å². The number of para-hydroxylation sites is 1. The van der Waals surface area contributed by atoms with Gasteiger partial charge in [-0.25, -0.2) is 4.98 Å². The fraction of sp³-hybridized carbons (Fsp3) is 0.571. The topological polar surface area (TPSA) is 70.2 Å². The van der Waals surface area contributed by atoms with Gasteiger partial charge in [-0.1, -0.05) is 26.0 Å². The fourth-order valence-corrected chi connectivity index (χ4v) is 3.61. The van der Waals surface area contributed by atoms with Crippen LogP contribution in [0.4, 0.5) is 11.8 Å². The Kier molecular flexibility index (Phi) is 6.14. The zero-order valence-electron chi connectivity index (χ0n) is 16.8. The third kappa shape index (κ3) is 4.87. The van der Waals surface area contributed by atoms with Crippen molar-refractivity contribution in [3.63, 3.8) is 0 Å². The first-order chi connectivity index (χ1) is 12.9. The van der Waals surface area contributed by atoms with E-state index in [1.54, 1.807) is 0 Å². The third-order valence-electron chi connectivity index (χ3n) is 5.28. The van der Waals surface area contributed by atoms with E-state index in [0.29, 0.717) is 17.9 Å². The van der Waals surface area contributed by atoms with Crippen molar-refractivity contribution < 1.29 is 4.79 Å². The summed E-state index contributed by atoms with van der Waals surface area (Å²) in [7, 11) is 4.02. The Balaban J connectivity index is 1.60. The number of fused-ring (bicyclic) bond motifs is 1. The van der Waals surface area contributed by atoms with Crippen LogP contribution in [0.15, 0.2) is 24.3 Å². The molecular weight excluding hydrogens is 338 g/mol. The Labute approximate surface area is 161 Å². The molecule has 6 nitrogen and oxygen atoms in total. The van der Waals surface area contributed by atoms with E-state index in [1.165, 1.54) is 0 Å². The van der Waals surface area contributed by atoms with E-state index >= 15 is 0 Å². The Morgan fingerprint density at radius 1 is 1.15 bits per heavy atom. The van der Waals surface area contributed by atoms with E-state index in [-0.39, 0.29) is 11.8 Å². The van der Waals surface area contributed by atoms with E-state index < -0.39 is 0 Å². The summed E-state index contributed by atoms with van der Waals surface area (Å²) in [6, 6.07) is 8.51. The molecule has 1 aromatic carbocycles. The van der Waals surface area contributed by atoms with Crippen LogP contribution in [0.5, 0.6) is 0 Å². The van der Waals surface area contributed by atoms with Crippen LogP contribution in [-0.4, -0.2) is 42.6 Å². The second-order valence-electron chi connectivity index (χ2n) is 8.04. The Morgan fingerprint density at radius 2 is 1.85 bits per heavy atom. The van der Waals surface area contributed by atoms with Gasteiger partial charge < -0.3 is 15.5 Å². The van der Waals surface area contributed by atoms with Crippen molar-refractivity contribution in [3.8, 4) is 0 Å². The monoisotopic (exact) mass is 369 g/mol. The number of carbonyl (C=O) groups excluding carboxylic acids is 1. The maximum atomic E-state index is 11.7. The summed E-state index contributed by atoms with van der Waals surface area (Å²) < 4.78 is 0. The minimum atomic E-state index is 0.0546. The summed E-state index contributed by atoms with van der Waals surface area (Å²) in [5, 5.41) is 7.67. The van der Waals surface area contributed by atoms with E-state index in [1.807, 2.05) is 51.0 Å². The molecule has 1 fully saturated rings. The maximum Gasteiger partial charge on any atom is 0.225 e. The molecule has 0 radical (unpaired) electrons. The quantitative estimate of drug-likeness (QED) is 0.816. The summed E-state index contributed by atoms with van der Waals surface area (Å²) in [6.07, 6.45) is 4.39. The molecule has 0 saturated heterocycles. The number of benzene rings is 1. The van der Waals surface area contributed by atoms with Gasteiger partial charge in [-0.3, -0.25) is 4.79 Å². The molecule has 1 aliphatic carbocycles. The van der Waals surface area contributed by atoms with Gasteiger partial charge in [0.05, 0.1) is 5.52 Å². The molecule has 1 aromatic heterocycles. The first-order valence-corrected chi connectivity index (χ1v) is 9.92. The molecule has 1 aliphatic rings. The van der Waals surface area contributed by atoms with Crippen molar-refractivity contribution in [1.29, 1.82) is 0 Å². The summed E-state index contributed by atoms with van der Waals surface area (Å²) in [4.78, 5) is 23.2. The van der Waals surface area contributed by atoms with E-state index in [2.05, 4.69) is 16.7 Å². The first kappa shape index (κ1) is 19.4. The molecule has 0 bridgehead atoms. The Bertz CT molecular complexity index is 781. The number of hydrogen-bond acceptors (Lipinski definition) is 5. The Hall–Kier alpha value is -2.37. The van der Waals surface area contributed by atoms with Crippen LogP contribution >= 0.6 is 0 Å². The van der Waals surface area contributed by atoms with Gasteiger partial charge in [0.2, 0.25) is 11.9 Å². The van der Waals surface area contributed by atoms with Gasteiger partial charge in [0.1, 0.15) is 5.82 Å². The number of anilines is 2. The molecule has 1 amide bonds. The molecule has 2 N–H and O–H groups in total. The highest BCUT2D eigenvalue weighted by Gasteiger charge is 2.23. The molecule has 1 saturated carbocycles. The highest BCUT2D eigenvalue weighted by molar-refractivity contribution is 5.90. The van der Waals surface area contributed by atoms with Crippen LogP contribution < -0.4 is 15.5 Å². The number of aromatic nitrogens is 2. The smallest absolute Gasteiger partial charge is 0.225 e. The molecule has 2 aromatic rings. The first-order valence-electron chi connectivity index (χ1n) is 9.92. The largest absolute Gasteiger partial charge is 0.362 e. The molecular formula is C21H31N5O. The van der Waals surface area contributed by atoms with Gasteiger partial charge in [-0.2, -0.15) is 4.98 Å². The second kappa shape index (κ2) is 8.55. The maximum absolute atomic E-state index is 11.7. The van der Waals surface area contributed by atoms with Crippen molar-refractivity contribution in [2.75, 3.05) is 30.9 Å². The molecule has 0 spiro atoms. The second-order valence-corrected chi connectivity index (χ2v) is 8.04. The summed E-state index contributed by atoms with van der Waals surface area (Å²) in [6.45, 7) is 4.66. The number of carbonyl (C=O) groups is 1. The number of rotatable bonds is 6. The van der Waals surface area contributed by atoms with E-state index in [0.717, 1.165) is 48.9 Å². The van der Waals surface area contributed by atoms with Gasteiger partial charge in [-0.05, 0) is 43.7 Å².